The Labute approximate surface area is 187 Å². The van der Waals surface area contributed by atoms with Crippen LogP contribution in [-0.4, -0.2) is 47.9 Å². The van der Waals surface area contributed by atoms with Crippen LogP contribution in [0.15, 0.2) is 36.5 Å². The zero-order valence-electron chi connectivity index (χ0n) is 18.4. The van der Waals surface area contributed by atoms with Crippen LogP contribution in [0, 0.1) is 0 Å². The highest BCUT2D eigenvalue weighted by Crippen LogP contribution is 2.33. The molecule has 0 saturated carbocycles. The molecule has 0 aliphatic heterocycles. The lowest BCUT2D eigenvalue weighted by molar-refractivity contribution is -0.136. The molecule has 2 aromatic heterocycles. The van der Waals surface area contributed by atoms with Crippen LogP contribution in [0.3, 0.4) is 0 Å². The van der Waals surface area contributed by atoms with Gasteiger partial charge in [0.05, 0.1) is 38.2 Å². The summed E-state index contributed by atoms with van der Waals surface area (Å²) in [5.74, 6) is -0.639. The number of aromatic nitrogens is 2. The van der Waals surface area contributed by atoms with E-state index in [4.69, 9.17) is 9.47 Å². The summed E-state index contributed by atoms with van der Waals surface area (Å²) in [6.07, 6.45) is -3.99. The van der Waals surface area contributed by atoms with Crippen LogP contribution in [-0.2, 0) is 11.8 Å². The van der Waals surface area contributed by atoms with Crippen molar-refractivity contribution in [3.05, 3.63) is 47.8 Å². The molecule has 1 aromatic carbocycles. The maximum atomic E-state index is 12.9. The summed E-state index contributed by atoms with van der Waals surface area (Å²) in [4.78, 5) is 29.6. The molecule has 0 fully saturated rings. The first-order chi connectivity index (χ1) is 15.5. The monoisotopic (exact) mass is 464 g/mol. The van der Waals surface area contributed by atoms with Gasteiger partial charge >= 0.3 is 12.1 Å². The summed E-state index contributed by atoms with van der Waals surface area (Å²) >= 11 is 0. The Morgan fingerprint density at radius 1 is 1.18 bits per heavy atom. The van der Waals surface area contributed by atoms with Gasteiger partial charge in [-0.15, -0.1) is 0 Å². The van der Waals surface area contributed by atoms with E-state index in [1.807, 2.05) is 0 Å². The lowest BCUT2D eigenvalue weighted by atomic mass is 10.1. The maximum Gasteiger partial charge on any atom is 0.391 e. The van der Waals surface area contributed by atoms with Crippen molar-refractivity contribution in [1.29, 1.82) is 0 Å². The standard InChI is InChI=1S/C22H23F3N4O4/c1-12(10-22(23,24)25)27-14-9-16-17(18(21(31)33-4)29(2)19(16)26-11-14)28-20(30)13-5-7-15(32-3)8-6-13/h5-9,11-12,27H,10H2,1-4H3,(H,28,30)/t12-/m1/s1. The normalized spacial score (nSPS) is 12.3. The number of amides is 1. The molecule has 3 aromatic rings. The van der Waals surface area contributed by atoms with Gasteiger partial charge in [-0.2, -0.15) is 13.2 Å². The number of carbonyl (C=O) groups is 2. The molecule has 8 nitrogen and oxygen atoms in total. The topological polar surface area (TPSA) is 94.5 Å². The smallest absolute Gasteiger partial charge is 0.391 e. The number of esters is 1. The summed E-state index contributed by atoms with van der Waals surface area (Å²) in [6.45, 7) is 1.40. The lowest BCUT2D eigenvalue weighted by Gasteiger charge is -2.17. The molecule has 0 bridgehead atoms. The van der Waals surface area contributed by atoms with E-state index in [1.54, 1.807) is 31.3 Å². The number of methoxy groups -OCH3 is 2. The van der Waals surface area contributed by atoms with Gasteiger partial charge in [-0.1, -0.05) is 0 Å². The second-order valence-corrected chi connectivity index (χ2v) is 7.42. The van der Waals surface area contributed by atoms with Crippen LogP contribution >= 0.6 is 0 Å². The number of nitrogens with zero attached hydrogens (tertiary/aromatic N) is 2. The molecule has 1 amide bonds. The number of ether oxygens (including phenoxy) is 2. The van der Waals surface area contributed by atoms with Crippen molar-refractivity contribution in [2.45, 2.75) is 25.6 Å². The Hall–Kier alpha value is -3.76. The van der Waals surface area contributed by atoms with Crippen molar-refractivity contribution in [3.63, 3.8) is 0 Å². The van der Waals surface area contributed by atoms with E-state index >= 15 is 0 Å². The number of benzene rings is 1. The van der Waals surface area contributed by atoms with Crippen molar-refractivity contribution >= 4 is 34.3 Å². The first kappa shape index (κ1) is 23.9. The average Bonchev–Trinajstić information content (AvgIpc) is 3.02. The molecule has 2 heterocycles. The third kappa shape index (κ3) is 5.36. The molecule has 1 atom stereocenters. The van der Waals surface area contributed by atoms with Gasteiger partial charge in [0.15, 0.2) is 5.69 Å². The number of pyridine rings is 1. The predicted octanol–water partition coefficient (Wildman–Crippen LogP) is 4.37. The number of hydrogen-bond donors (Lipinski definition) is 2. The number of fused-ring (bicyclic) bond motifs is 1. The Bertz CT molecular complexity index is 1170. The van der Waals surface area contributed by atoms with E-state index in [2.05, 4.69) is 15.6 Å². The van der Waals surface area contributed by atoms with Gasteiger partial charge in [0.2, 0.25) is 0 Å². The molecule has 0 aliphatic rings. The van der Waals surface area contributed by atoms with Gasteiger partial charge in [-0.05, 0) is 37.3 Å². The first-order valence-corrected chi connectivity index (χ1v) is 9.89. The second-order valence-electron chi connectivity index (χ2n) is 7.42. The van der Waals surface area contributed by atoms with Gasteiger partial charge in [0.25, 0.3) is 5.91 Å². The summed E-state index contributed by atoms with van der Waals surface area (Å²) < 4.78 is 49.5. The number of aryl methyl sites for hydroxylation is 1. The molecule has 176 valence electrons. The number of anilines is 2. The fourth-order valence-corrected chi connectivity index (χ4v) is 3.46. The third-order valence-corrected chi connectivity index (χ3v) is 4.95. The highest BCUT2D eigenvalue weighted by molar-refractivity contribution is 6.14. The zero-order valence-corrected chi connectivity index (χ0v) is 18.4. The molecule has 0 spiro atoms. The van der Waals surface area contributed by atoms with Crippen molar-refractivity contribution in [2.75, 3.05) is 24.9 Å². The second kappa shape index (κ2) is 9.39. The third-order valence-electron chi connectivity index (χ3n) is 4.95. The van der Waals surface area contributed by atoms with Crippen molar-refractivity contribution in [2.24, 2.45) is 7.05 Å². The molecule has 0 radical (unpaired) electrons. The number of nitrogens with one attached hydrogen (secondary N) is 2. The van der Waals surface area contributed by atoms with E-state index in [9.17, 15) is 22.8 Å². The zero-order chi connectivity index (χ0) is 24.3. The molecule has 0 unspecified atom stereocenters. The van der Waals surface area contributed by atoms with Crippen molar-refractivity contribution in [3.8, 4) is 5.75 Å². The molecule has 3 rings (SSSR count). The predicted molar refractivity (Wildman–Crippen MR) is 117 cm³/mol. The van der Waals surface area contributed by atoms with Gasteiger partial charge in [0.1, 0.15) is 11.4 Å². The molecule has 33 heavy (non-hydrogen) atoms. The van der Waals surface area contributed by atoms with Crippen molar-refractivity contribution in [1.82, 2.24) is 9.55 Å². The SMILES string of the molecule is COC(=O)c1c(NC(=O)c2ccc(OC)cc2)c2cc(N[C@H](C)CC(F)(F)F)cnc2n1C. The van der Waals surface area contributed by atoms with E-state index in [0.29, 0.717) is 28.0 Å². The quantitative estimate of drug-likeness (QED) is 0.504. The Balaban J connectivity index is 2.02. The van der Waals surface area contributed by atoms with Gasteiger partial charge in [-0.3, -0.25) is 4.79 Å². The summed E-state index contributed by atoms with van der Waals surface area (Å²) in [7, 11) is 4.28. The van der Waals surface area contributed by atoms with Crippen molar-refractivity contribution < 1.29 is 32.2 Å². The summed E-state index contributed by atoms with van der Waals surface area (Å²) in [6, 6.07) is 6.97. The number of halogens is 3. The minimum Gasteiger partial charge on any atom is -0.497 e. The molecular formula is C22H23F3N4O4. The Kier molecular flexibility index (Phi) is 6.80. The lowest BCUT2D eigenvalue weighted by Crippen LogP contribution is -2.23. The van der Waals surface area contributed by atoms with Gasteiger partial charge in [-0.25, -0.2) is 9.78 Å². The highest BCUT2D eigenvalue weighted by atomic mass is 19.4. The van der Waals surface area contributed by atoms with Gasteiger partial charge in [0, 0.05) is 24.0 Å². The molecule has 2 N–H and O–H groups in total. The minimum atomic E-state index is -4.33. The largest absolute Gasteiger partial charge is 0.497 e. The fraction of sp³-hybridized carbons (Fsp3) is 0.318. The van der Waals surface area contributed by atoms with E-state index < -0.39 is 30.5 Å². The van der Waals surface area contributed by atoms with Crippen LogP contribution < -0.4 is 15.4 Å². The maximum absolute atomic E-state index is 12.9. The Morgan fingerprint density at radius 3 is 2.42 bits per heavy atom. The fourth-order valence-electron chi connectivity index (χ4n) is 3.46. The van der Waals surface area contributed by atoms with Crippen LogP contribution in [0.25, 0.3) is 11.0 Å². The van der Waals surface area contributed by atoms with Crippen LogP contribution in [0.2, 0.25) is 0 Å². The minimum absolute atomic E-state index is 0.0438. The first-order valence-electron chi connectivity index (χ1n) is 9.89. The number of rotatable bonds is 7. The summed E-state index contributed by atoms with van der Waals surface area (Å²) in [5, 5.41) is 5.83. The highest BCUT2D eigenvalue weighted by Gasteiger charge is 2.30. The average molecular weight is 464 g/mol. The molecule has 0 saturated heterocycles. The van der Waals surface area contributed by atoms with E-state index in [-0.39, 0.29) is 11.4 Å². The van der Waals surface area contributed by atoms with Crippen LogP contribution in [0.4, 0.5) is 24.5 Å². The molecule has 0 aliphatic carbocycles. The molecule has 11 heteroatoms. The van der Waals surface area contributed by atoms with Crippen LogP contribution in [0.1, 0.15) is 34.2 Å². The number of alkyl halides is 3. The van der Waals surface area contributed by atoms with Gasteiger partial charge < -0.3 is 24.7 Å². The number of hydrogen-bond acceptors (Lipinski definition) is 6. The van der Waals surface area contributed by atoms with Crippen LogP contribution in [0.5, 0.6) is 5.75 Å². The summed E-state index contributed by atoms with van der Waals surface area (Å²) in [5.41, 5.74) is 1.14. The Morgan fingerprint density at radius 2 is 1.85 bits per heavy atom. The van der Waals surface area contributed by atoms with E-state index in [0.717, 1.165) is 0 Å². The van der Waals surface area contributed by atoms with E-state index in [1.165, 1.54) is 38.0 Å². The molecular weight excluding hydrogens is 441 g/mol. The number of carbonyl (C=O) groups excluding carboxylic acids is 2.